The van der Waals surface area contributed by atoms with Gasteiger partial charge in [0.25, 0.3) is 0 Å². The van der Waals surface area contributed by atoms with Gasteiger partial charge in [0.05, 0.1) is 25.4 Å². The van der Waals surface area contributed by atoms with Gasteiger partial charge in [-0.2, -0.15) is 0 Å². The van der Waals surface area contributed by atoms with Crippen molar-refractivity contribution in [1.82, 2.24) is 5.32 Å². The summed E-state index contributed by atoms with van der Waals surface area (Å²) in [5, 5.41) is 23.3. The van der Waals surface area contributed by atoms with E-state index in [0.29, 0.717) is 25.9 Å². The van der Waals surface area contributed by atoms with Crippen molar-refractivity contribution in [3.63, 3.8) is 0 Å². The summed E-state index contributed by atoms with van der Waals surface area (Å²) in [6, 6.07) is -0.539. The molecule has 0 aliphatic carbocycles. The molecule has 0 rings (SSSR count). The van der Waals surface area contributed by atoms with E-state index in [1.54, 1.807) is 0 Å². The van der Waals surface area contributed by atoms with Crippen molar-refractivity contribution in [3.8, 4) is 0 Å². The number of hydrogen-bond donors (Lipinski definition) is 3. The van der Waals surface area contributed by atoms with E-state index < -0.39 is 12.1 Å². The number of carbonyl (C=O) groups is 2. The second-order valence-corrected chi connectivity index (χ2v) is 25.3. The molecular weight excluding hydrogens is 995 g/mol. The van der Waals surface area contributed by atoms with Crippen molar-refractivity contribution >= 4 is 11.9 Å². The van der Waals surface area contributed by atoms with Gasteiger partial charge in [-0.15, -0.1) is 0 Å². The highest BCUT2D eigenvalue weighted by molar-refractivity contribution is 5.76. The smallest absolute Gasteiger partial charge is 0.305 e. The maximum atomic E-state index is 12.5. The van der Waals surface area contributed by atoms with Crippen LogP contribution in [0.3, 0.4) is 0 Å². The minimum atomic E-state index is -0.662. The van der Waals surface area contributed by atoms with Crippen LogP contribution >= 0.6 is 0 Å². The van der Waals surface area contributed by atoms with E-state index in [9.17, 15) is 19.8 Å². The van der Waals surface area contributed by atoms with E-state index >= 15 is 0 Å². The molecule has 6 heteroatoms. The minimum Gasteiger partial charge on any atom is -0.466 e. The Balaban J connectivity index is 3.33. The maximum Gasteiger partial charge on any atom is 0.305 e. The highest BCUT2D eigenvalue weighted by Crippen LogP contribution is 2.19. The summed E-state index contributed by atoms with van der Waals surface area (Å²) in [6.45, 7) is 4.96. The molecule has 2 unspecified atom stereocenters. The molecule has 0 aliphatic heterocycles. The van der Waals surface area contributed by atoms with Gasteiger partial charge in [0.1, 0.15) is 0 Å². The third kappa shape index (κ3) is 67.1. The lowest BCUT2D eigenvalue weighted by atomic mass is 10.0. The lowest BCUT2D eigenvalue weighted by Gasteiger charge is -2.22. The highest BCUT2D eigenvalue weighted by Gasteiger charge is 2.20. The van der Waals surface area contributed by atoms with E-state index in [1.165, 1.54) is 321 Å². The number of carbonyl (C=O) groups excluding carboxylic acids is 2. The van der Waals surface area contributed by atoms with Crippen LogP contribution in [0.25, 0.3) is 0 Å². The van der Waals surface area contributed by atoms with Gasteiger partial charge in [0, 0.05) is 12.8 Å². The molecule has 81 heavy (non-hydrogen) atoms. The van der Waals surface area contributed by atoms with Crippen LogP contribution < -0.4 is 5.32 Å². The minimum absolute atomic E-state index is 0.0149. The first-order valence-electron chi connectivity index (χ1n) is 36.7. The number of aliphatic hydroxyl groups is 2. The summed E-state index contributed by atoms with van der Waals surface area (Å²) in [6.07, 6.45) is 90.7. The molecule has 0 bridgehead atoms. The van der Waals surface area contributed by atoms with Crippen LogP contribution in [0.5, 0.6) is 0 Å². The van der Waals surface area contributed by atoms with Crippen LogP contribution in [0, 0.1) is 0 Å². The fourth-order valence-electron chi connectivity index (χ4n) is 11.6. The molecule has 0 saturated carbocycles. The van der Waals surface area contributed by atoms with Crippen molar-refractivity contribution in [1.29, 1.82) is 0 Å². The molecule has 0 radical (unpaired) electrons. The third-order valence-corrected chi connectivity index (χ3v) is 17.2. The molecule has 0 heterocycles. The molecule has 0 aromatic carbocycles. The largest absolute Gasteiger partial charge is 0.466 e. The molecule has 1 amide bonds. The molecule has 3 N–H and O–H groups in total. The molecule has 478 valence electrons. The van der Waals surface area contributed by atoms with E-state index in [4.69, 9.17) is 4.74 Å². The van der Waals surface area contributed by atoms with Crippen molar-refractivity contribution in [2.75, 3.05) is 13.2 Å². The molecule has 0 aliphatic rings. The normalized spacial score (nSPS) is 12.7. The van der Waals surface area contributed by atoms with E-state index in [2.05, 4.69) is 55.6 Å². The maximum absolute atomic E-state index is 12.5. The van der Waals surface area contributed by atoms with Gasteiger partial charge in [0.15, 0.2) is 0 Å². The predicted molar refractivity (Wildman–Crippen MR) is 356 cm³/mol. The van der Waals surface area contributed by atoms with Crippen LogP contribution in [-0.2, 0) is 14.3 Å². The second-order valence-electron chi connectivity index (χ2n) is 25.3. The van der Waals surface area contributed by atoms with E-state index in [-0.39, 0.29) is 18.5 Å². The molecule has 0 aromatic heterocycles. The van der Waals surface area contributed by atoms with Crippen LogP contribution in [0.2, 0.25) is 0 Å². The zero-order valence-electron chi connectivity index (χ0n) is 54.8. The summed E-state index contributed by atoms with van der Waals surface area (Å²) in [5.74, 6) is -0.0156. The van der Waals surface area contributed by atoms with Crippen molar-refractivity contribution in [3.05, 3.63) is 36.5 Å². The molecule has 0 saturated heterocycles. The van der Waals surface area contributed by atoms with Crippen LogP contribution in [0.15, 0.2) is 36.5 Å². The SMILES string of the molecule is CCCCC/C=C\C/C=C\CCCCCCCCCCCC(=O)OCCCCCCCCCCCCCC/C=C\CCCCCCCCCCCCCCCCCCC(=O)NC(CO)C(O)CCCCCCCCCCCCCCC. The van der Waals surface area contributed by atoms with Gasteiger partial charge >= 0.3 is 5.97 Å². The number of aliphatic hydroxyl groups excluding tert-OH is 2. The zero-order valence-corrected chi connectivity index (χ0v) is 54.8. The molecule has 6 nitrogen and oxygen atoms in total. The quantitative estimate of drug-likeness (QED) is 0.0320. The summed E-state index contributed by atoms with van der Waals surface area (Å²) < 4.78 is 5.51. The summed E-state index contributed by atoms with van der Waals surface area (Å²) in [4.78, 5) is 24.6. The summed E-state index contributed by atoms with van der Waals surface area (Å²) in [7, 11) is 0. The first kappa shape index (κ1) is 79.1. The number of amides is 1. The first-order valence-corrected chi connectivity index (χ1v) is 36.7. The van der Waals surface area contributed by atoms with Crippen molar-refractivity contribution in [2.45, 2.75) is 418 Å². The Morgan fingerprint density at radius 1 is 0.346 bits per heavy atom. The van der Waals surface area contributed by atoms with Crippen LogP contribution in [0.1, 0.15) is 406 Å². The number of allylic oxidation sites excluding steroid dienone is 6. The Bertz CT molecular complexity index is 1310. The van der Waals surface area contributed by atoms with Gasteiger partial charge < -0.3 is 20.3 Å². The number of hydrogen-bond acceptors (Lipinski definition) is 5. The number of rotatable bonds is 69. The first-order chi connectivity index (χ1) is 40.0. The zero-order chi connectivity index (χ0) is 58.5. The molecular formula is C75H143NO5. The number of nitrogens with one attached hydrogen (secondary N) is 1. The van der Waals surface area contributed by atoms with E-state index in [0.717, 1.165) is 51.4 Å². The van der Waals surface area contributed by atoms with Gasteiger partial charge in [-0.1, -0.05) is 346 Å². The van der Waals surface area contributed by atoms with Gasteiger partial charge in [-0.05, 0) is 83.5 Å². The highest BCUT2D eigenvalue weighted by atomic mass is 16.5. The number of esters is 1. The Labute approximate surface area is 506 Å². The third-order valence-electron chi connectivity index (χ3n) is 17.2. The van der Waals surface area contributed by atoms with Crippen molar-refractivity contribution < 1.29 is 24.5 Å². The van der Waals surface area contributed by atoms with Crippen LogP contribution in [0.4, 0.5) is 0 Å². The summed E-state index contributed by atoms with van der Waals surface area (Å²) in [5.41, 5.74) is 0. The number of ether oxygens (including phenoxy) is 1. The average Bonchev–Trinajstić information content (AvgIpc) is 3.47. The number of unbranched alkanes of at least 4 members (excludes halogenated alkanes) is 52. The lowest BCUT2D eigenvalue weighted by Crippen LogP contribution is -2.45. The fraction of sp³-hybridized carbons (Fsp3) is 0.893. The Hall–Kier alpha value is -1.92. The Morgan fingerprint density at radius 2 is 0.617 bits per heavy atom. The Morgan fingerprint density at radius 3 is 0.975 bits per heavy atom. The average molecular weight is 1140 g/mol. The molecule has 0 fully saturated rings. The molecule has 0 spiro atoms. The van der Waals surface area contributed by atoms with Crippen LogP contribution in [-0.4, -0.2) is 47.4 Å². The van der Waals surface area contributed by atoms with Gasteiger partial charge in [0.2, 0.25) is 5.91 Å². The van der Waals surface area contributed by atoms with Crippen molar-refractivity contribution in [2.24, 2.45) is 0 Å². The predicted octanol–water partition coefficient (Wildman–Crippen LogP) is 23.9. The topological polar surface area (TPSA) is 95.9 Å². The monoisotopic (exact) mass is 1140 g/mol. The molecule has 0 aromatic rings. The lowest BCUT2D eigenvalue weighted by molar-refractivity contribution is -0.143. The standard InChI is InChI=1S/C75H143NO5/c1-3-5-7-9-11-13-15-17-18-19-34-38-41-45-49-53-57-61-65-69-75(80)81-70-66-62-58-54-50-46-42-39-36-33-31-29-27-25-23-21-20-22-24-26-28-30-32-35-37-40-44-48-52-56-60-64-68-74(79)76-72(71-77)73(78)67-63-59-55-51-47-43-16-14-12-10-8-6-4-2/h11,13,17-18,23,25,72-73,77-78H,3-10,12,14-16,19-22,24,26-71H2,1-2H3,(H,76,79)/b13-11-,18-17-,25-23-. The second kappa shape index (κ2) is 70.6. The fourth-order valence-corrected chi connectivity index (χ4v) is 11.6. The van der Waals surface area contributed by atoms with Gasteiger partial charge in [-0.25, -0.2) is 0 Å². The summed E-state index contributed by atoms with van der Waals surface area (Å²) >= 11 is 0. The Kier molecular flexibility index (Phi) is 68.9. The van der Waals surface area contributed by atoms with E-state index in [1.807, 2.05) is 0 Å². The molecule has 2 atom stereocenters. The van der Waals surface area contributed by atoms with Gasteiger partial charge in [-0.3, -0.25) is 9.59 Å².